The number of pyridine rings is 1. The topological polar surface area (TPSA) is 37.0 Å². The fourth-order valence-corrected chi connectivity index (χ4v) is 1.28. The first-order valence-electron chi connectivity index (χ1n) is 4.89. The predicted octanol–water partition coefficient (Wildman–Crippen LogP) is 2.83. The van der Waals surface area contributed by atoms with Gasteiger partial charge in [-0.25, -0.2) is 13.8 Å². The molecule has 1 aromatic rings. The van der Waals surface area contributed by atoms with E-state index in [0.29, 0.717) is 11.5 Å². The van der Waals surface area contributed by atoms with Gasteiger partial charge < -0.3 is 10.6 Å². The van der Waals surface area contributed by atoms with Gasteiger partial charge in [0.15, 0.2) is 0 Å². The summed E-state index contributed by atoms with van der Waals surface area (Å²) in [6.07, 6.45) is 3.19. The van der Waals surface area contributed by atoms with Crippen molar-refractivity contribution in [3.63, 3.8) is 0 Å². The Kier molecular flexibility index (Phi) is 3.82. The highest BCUT2D eigenvalue weighted by Gasteiger charge is 2.21. The van der Waals surface area contributed by atoms with Gasteiger partial charge in [-0.3, -0.25) is 0 Å². The minimum atomic E-state index is -2.77. The number of nitrogens with one attached hydrogen (secondary N) is 2. The highest BCUT2D eigenvalue weighted by atomic mass is 19.3. The lowest BCUT2D eigenvalue weighted by Crippen LogP contribution is -2.23. The van der Waals surface area contributed by atoms with Gasteiger partial charge in [-0.05, 0) is 6.07 Å². The van der Waals surface area contributed by atoms with Crippen molar-refractivity contribution in [3.05, 3.63) is 24.4 Å². The molecule has 0 saturated heterocycles. The molecule has 0 radical (unpaired) electrons. The smallest absolute Gasteiger partial charge is 0.262 e. The van der Waals surface area contributed by atoms with Gasteiger partial charge in [-0.1, -0.05) is 12.7 Å². The summed E-state index contributed by atoms with van der Waals surface area (Å²) in [6, 6.07) is 1.76. The maximum absolute atomic E-state index is 12.7. The first kappa shape index (κ1) is 12.4. The van der Waals surface area contributed by atoms with E-state index in [1.54, 1.807) is 25.4 Å². The highest BCUT2D eigenvalue weighted by Crippen LogP contribution is 2.25. The fourth-order valence-electron chi connectivity index (χ4n) is 1.28. The Balaban J connectivity index is 2.91. The number of aromatic nitrogens is 1. The normalized spacial score (nSPS) is 11.0. The molecule has 5 heteroatoms. The zero-order valence-corrected chi connectivity index (χ0v) is 9.35. The Labute approximate surface area is 93.6 Å². The standard InChI is InChI=1S/C11H15F2N3/c1-4-8-5-6-15-10(9(8)14-3)16-7-11(2,12)13/h4-6,14H,1,7H2,2-3H3,(H,15,16). The molecule has 0 unspecified atom stereocenters. The maximum Gasteiger partial charge on any atom is 0.262 e. The second-order valence-electron chi connectivity index (χ2n) is 3.50. The van der Waals surface area contributed by atoms with E-state index < -0.39 is 12.5 Å². The number of halogens is 2. The predicted molar refractivity (Wildman–Crippen MR) is 63.0 cm³/mol. The van der Waals surface area contributed by atoms with E-state index in [4.69, 9.17) is 0 Å². The Bertz CT molecular complexity index is 372. The second kappa shape index (κ2) is 4.92. The van der Waals surface area contributed by atoms with Crippen molar-refractivity contribution >= 4 is 17.6 Å². The summed E-state index contributed by atoms with van der Waals surface area (Å²) in [7, 11) is 1.71. The zero-order valence-electron chi connectivity index (χ0n) is 9.35. The van der Waals surface area contributed by atoms with E-state index in [0.717, 1.165) is 12.5 Å². The van der Waals surface area contributed by atoms with Crippen LogP contribution >= 0.6 is 0 Å². The zero-order chi connectivity index (χ0) is 12.2. The molecule has 2 N–H and O–H groups in total. The van der Waals surface area contributed by atoms with E-state index in [1.807, 2.05) is 0 Å². The maximum atomic E-state index is 12.7. The van der Waals surface area contributed by atoms with E-state index in [9.17, 15) is 8.78 Å². The molecule has 0 spiro atoms. The van der Waals surface area contributed by atoms with Gasteiger partial charge in [0.25, 0.3) is 5.92 Å². The first-order valence-corrected chi connectivity index (χ1v) is 4.89. The molecular formula is C11H15F2N3. The van der Waals surface area contributed by atoms with Crippen molar-refractivity contribution in [2.75, 3.05) is 24.2 Å². The molecule has 0 saturated carbocycles. The van der Waals surface area contributed by atoms with Crippen LogP contribution in [0.2, 0.25) is 0 Å². The van der Waals surface area contributed by atoms with Crippen molar-refractivity contribution in [1.82, 2.24) is 4.98 Å². The number of alkyl halides is 2. The van der Waals surface area contributed by atoms with Gasteiger partial charge >= 0.3 is 0 Å². The summed E-state index contributed by atoms with van der Waals surface area (Å²) in [5.41, 5.74) is 1.49. The van der Waals surface area contributed by atoms with Gasteiger partial charge in [-0.15, -0.1) is 0 Å². The summed E-state index contributed by atoms with van der Waals surface area (Å²) in [5, 5.41) is 5.52. The number of hydrogen-bond acceptors (Lipinski definition) is 3. The van der Waals surface area contributed by atoms with Crippen LogP contribution in [0.4, 0.5) is 20.3 Å². The highest BCUT2D eigenvalue weighted by molar-refractivity contribution is 5.76. The molecule has 1 heterocycles. The van der Waals surface area contributed by atoms with Crippen LogP contribution < -0.4 is 10.6 Å². The molecule has 3 nitrogen and oxygen atoms in total. The third-order valence-corrected chi connectivity index (χ3v) is 2.02. The molecule has 0 aliphatic heterocycles. The summed E-state index contributed by atoms with van der Waals surface area (Å²) in [6.45, 7) is 4.05. The largest absolute Gasteiger partial charge is 0.385 e. The molecule has 0 aliphatic carbocycles. The molecule has 0 aliphatic rings. The van der Waals surface area contributed by atoms with Crippen LogP contribution in [0, 0.1) is 0 Å². The summed E-state index contributed by atoms with van der Waals surface area (Å²) in [5.74, 6) is -2.36. The van der Waals surface area contributed by atoms with E-state index in [2.05, 4.69) is 22.2 Å². The molecule has 0 amide bonds. The molecule has 16 heavy (non-hydrogen) atoms. The third-order valence-electron chi connectivity index (χ3n) is 2.02. The Morgan fingerprint density at radius 1 is 1.56 bits per heavy atom. The quantitative estimate of drug-likeness (QED) is 0.812. The molecule has 1 aromatic heterocycles. The fraction of sp³-hybridized carbons (Fsp3) is 0.364. The van der Waals surface area contributed by atoms with Crippen LogP contribution in [0.3, 0.4) is 0 Å². The summed E-state index contributed by atoms with van der Waals surface area (Å²) in [4.78, 5) is 4.01. The minimum Gasteiger partial charge on any atom is -0.385 e. The van der Waals surface area contributed by atoms with Gasteiger partial charge in [0.2, 0.25) is 0 Å². The van der Waals surface area contributed by atoms with Crippen LogP contribution in [-0.2, 0) is 0 Å². The first-order chi connectivity index (χ1) is 7.48. The van der Waals surface area contributed by atoms with Crippen LogP contribution in [0.1, 0.15) is 12.5 Å². The Morgan fingerprint density at radius 2 is 2.25 bits per heavy atom. The van der Waals surface area contributed by atoms with Gasteiger partial charge in [-0.2, -0.15) is 0 Å². The van der Waals surface area contributed by atoms with Crippen molar-refractivity contribution < 1.29 is 8.78 Å². The second-order valence-corrected chi connectivity index (χ2v) is 3.50. The third kappa shape index (κ3) is 3.18. The Hall–Kier alpha value is -1.65. The summed E-state index contributed by atoms with van der Waals surface area (Å²) >= 11 is 0. The van der Waals surface area contributed by atoms with E-state index in [1.165, 1.54) is 0 Å². The molecule has 0 aromatic carbocycles. The monoisotopic (exact) mass is 227 g/mol. The van der Waals surface area contributed by atoms with E-state index in [-0.39, 0.29) is 0 Å². The van der Waals surface area contributed by atoms with E-state index >= 15 is 0 Å². The number of nitrogens with zero attached hydrogens (tertiary/aromatic N) is 1. The lowest BCUT2D eigenvalue weighted by Gasteiger charge is -2.15. The minimum absolute atomic E-state index is 0.404. The lowest BCUT2D eigenvalue weighted by molar-refractivity contribution is 0.0367. The average molecular weight is 227 g/mol. The van der Waals surface area contributed by atoms with Gasteiger partial charge in [0.1, 0.15) is 5.82 Å². The molecule has 1 rings (SSSR count). The van der Waals surface area contributed by atoms with Crippen molar-refractivity contribution in [1.29, 1.82) is 0 Å². The summed E-state index contributed by atoms with van der Waals surface area (Å²) < 4.78 is 25.4. The number of hydrogen-bond donors (Lipinski definition) is 2. The molecular weight excluding hydrogens is 212 g/mol. The molecule has 0 fully saturated rings. The van der Waals surface area contributed by atoms with Crippen LogP contribution in [0.15, 0.2) is 18.8 Å². The number of rotatable bonds is 5. The van der Waals surface area contributed by atoms with Gasteiger partial charge in [0, 0.05) is 25.7 Å². The van der Waals surface area contributed by atoms with Crippen molar-refractivity contribution in [2.45, 2.75) is 12.8 Å². The van der Waals surface area contributed by atoms with Gasteiger partial charge in [0.05, 0.1) is 12.2 Å². The molecule has 88 valence electrons. The van der Waals surface area contributed by atoms with Crippen molar-refractivity contribution in [3.8, 4) is 0 Å². The molecule has 0 bridgehead atoms. The van der Waals surface area contributed by atoms with Crippen LogP contribution in [0.5, 0.6) is 0 Å². The van der Waals surface area contributed by atoms with Crippen LogP contribution in [-0.4, -0.2) is 24.5 Å². The van der Waals surface area contributed by atoms with Crippen LogP contribution in [0.25, 0.3) is 6.08 Å². The lowest BCUT2D eigenvalue weighted by atomic mass is 10.2. The Morgan fingerprint density at radius 3 is 2.75 bits per heavy atom. The SMILES string of the molecule is C=Cc1ccnc(NCC(C)(F)F)c1NC. The average Bonchev–Trinajstić information content (AvgIpc) is 2.24. The molecule has 0 atom stereocenters. The van der Waals surface area contributed by atoms with Crippen molar-refractivity contribution in [2.24, 2.45) is 0 Å². The number of anilines is 2.